The largest absolute Gasteiger partial charge is 0.322 e. The van der Waals surface area contributed by atoms with Gasteiger partial charge in [0, 0.05) is 43.2 Å². The second-order valence-electron chi connectivity index (χ2n) is 8.53. The molecule has 0 spiro atoms. The minimum atomic E-state index is -0.557. The lowest BCUT2D eigenvalue weighted by Crippen LogP contribution is -2.52. The van der Waals surface area contributed by atoms with Gasteiger partial charge in [-0.15, -0.1) is 0 Å². The molecule has 3 amide bonds. The molecule has 4 aliphatic rings. The maximum absolute atomic E-state index is 12.9. The standard InChI is InChI=1S/C21H26N4O3/c26-19-7-6-18(20(27)24-19)25-11-17-12(2-1-3-16(17)21(25)28)10-22-15-8-13-4-5-14(9-15)23-13/h1-3,13-15,18,22-23H,4-11H2,(H,24,26,27). The maximum Gasteiger partial charge on any atom is 0.255 e. The molecule has 3 unspecified atom stereocenters. The zero-order chi connectivity index (χ0) is 19.3. The molecule has 5 rings (SSSR count). The Kier molecular flexibility index (Phi) is 4.44. The van der Waals surface area contributed by atoms with Crippen molar-refractivity contribution in [3.63, 3.8) is 0 Å². The Bertz CT molecular complexity index is 827. The average molecular weight is 382 g/mol. The lowest BCUT2D eigenvalue weighted by molar-refractivity contribution is -0.136. The molecule has 0 aliphatic carbocycles. The highest BCUT2D eigenvalue weighted by molar-refractivity contribution is 6.05. The second-order valence-corrected chi connectivity index (χ2v) is 8.53. The zero-order valence-electron chi connectivity index (χ0n) is 15.9. The Labute approximate surface area is 164 Å². The van der Waals surface area contributed by atoms with Gasteiger partial charge in [0.1, 0.15) is 6.04 Å². The molecule has 3 fully saturated rings. The van der Waals surface area contributed by atoms with Crippen molar-refractivity contribution < 1.29 is 14.4 Å². The van der Waals surface area contributed by atoms with E-state index in [-0.39, 0.29) is 24.1 Å². The van der Waals surface area contributed by atoms with E-state index in [1.54, 1.807) is 4.90 Å². The van der Waals surface area contributed by atoms with Gasteiger partial charge < -0.3 is 15.5 Å². The molecule has 7 heteroatoms. The third-order valence-electron chi connectivity index (χ3n) is 6.73. The molecule has 1 aromatic carbocycles. The third-order valence-corrected chi connectivity index (χ3v) is 6.73. The van der Waals surface area contributed by atoms with Crippen LogP contribution in [-0.2, 0) is 22.7 Å². The van der Waals surface area contributed by atoms with Crippen LogP contribution in [0.2, 0.25) is 0 Å². The molecule has 7 nitrogen and oxygen atoms in total. The van der Waals surface area contributed by atoms with E-state index in [4.69, 9.17) is 0 Å². The Balaban J connectivity index is 1.29. The highest BCUT2D eigenvalue weighted by Gasteiger charge is 2.40. The van der Waals surface area contributed by atoms with Crippen molar-refractivity contribution in [1.29, 1.82) is 0 Å². The summed E-state index contributed by atoms with van der Waals surface area (Å²) in [5.41, 5.74) is 2.84. The minimum Gasteiger partial charge on any atom is -0.322 e. The van der Waals surface area contributed by atoms with Crippen LogP contribution in [0, 0.1) is 0 Å². The smallest absolute Gasteiger partial charge is 0.255 e. The highest BCUT2D eigenvalue weighted by atomic mass is 16.2. The van der Waals surface area contributed by atoms with Crippen molar-refractivity contribution in [2.24, 2.45) is 0 Å². The van der Waals surface area contributed by atoms with Crippen molar-refractivity contribution in [2.45, 2.75) is 75.8 Å². The number of amides is 3. The average Bonchev–Trinajstić information content (AvgIpc) is 3.19. The van der Waals surface area contributed by atoms with E-state index in [9.17, 15) is 14.4 Å². The molecule has 0 saturated carbocycles. The van der Waals surface area contributed by atoms with Crippen LogP contribution in [0.1, 0.15) is 60.0 Å². The monoisotopic (exact) mass is 382 g/mol. The van der Waals surface area contributed by atoms with Gasteiger partial charge in [0.25, 0.3) is 5.91 Å². The number of hydrogen-bond donors (Lipinski definition) is 3. The van der Waals surface area contributed by atoms with E-state index in [1.165, 1.54) is 12.8 Å². The molecule has 28 heavy (non-hydrogen) atoms. The van der Waals surface area contributed by atoms with Gasteiger partial charge >= 0.3 is 0 Å². The van der Waals surface area contributed by atoms with Gasteiger partial charge in [0.05, 0.1) is 0 Å². The summed E-state index contributed by atoms with van der Waals surface area (Å²) in [5.74, 6) is -0.722. The predicted octanol–water partition coefficient (Wildman–Crippen LogP) is 0.820. The molecule has 1 aromatic rings. The summed E-state index contributed by atoms with van der Waals surface area (Å²) in [7, 11) is 0. The van der Waals surface area contributed by atoms with Gasteiger partial charge in [-0.05, 0) is 49.3 Å². The molecule has 0 aromatic heterocycles. The number of fused-ring (bicyclic) bond motifs is 3. The Morgan fingerprint density at radius 3 is 2.61 bits per heavy atom. The first-order valence-corrected chi connectivity index (χ1v) is 10.3. The first kappa shape index (κ1) is 17.8. The number of benzene rings is 1. The molecular weight excluding hydrogens is 356 g/mol. The van der Waals surface area contributed by atoms with Crippen LogP contribution >= 0.6 is 0 Å². The summed E-state index contributed by atoms with van der Waals surface area (Å²) in [4.78, 5) is 38.2. The number of piperidine rings is 2. The topological polar surface area (TPSA) is 90.5 Å². The van der Waals surface area contributed by atoms with Crippen LogP contribution in [0.15, 0.2) is 18.2 Å². The minimum absolute atomic E-state index is 0.105. The molecule has 148 valence electrons. The number of carbonyl (C=O) groups is 3. The van der Waals surface area contributed by atoms with E-state index >= 15 is 0 Å². The van der Waals surface area contributed by atoms with Crippen LogP contribution in [0.4, 0.5) is 0 Å². The number of nitrogens with zero attached hydrogens (tertiary/aromatic N) is 1. The fourth-order valence-electron chi connectivity index (χ4n) is 5.29. The van der Waals surface area contributed by atoms with Crippen LogP contribution in [0.3, 0.4) is 0 Å². The maximum atomic E-state index is 12.9. The summed E-state index contributed by atoms with van der Waals surface area (Å²) >= 11 is 0. The van der Waals surface area contributed by atoms with Gasteiger partial charge in [-0.2, -0.15) is 0 Å². The Hall–Kier alpha value is -2.25. The van der Waals surface area contributed by atoms with Crippen molar-refractivity contribution in [3.05, 3.63) is 34.9 Å². The number of imide groups is 1. The zero-order valence-corrected chi connectivity index (χ0v) is 15.9. The van der Waals surface area contributed by atoms with Crippen LogP contribution in [-0.4, -0.2) is 46.8 Å². The lowest BCUT2D eigenvalue weighted by atomic mass is 9.98. The van der Waals surface area contributed by atoms with E-state index < -0.39 is 6.04 Å². The molecule has 4 aliphatic heterocycles. The fraction of sp³-hybridized carbons (Fsp3) is 0.571. The van der Waals surface area contributed by atoms with Gasteiger partial charge in [0.15, 0.2) is 0 Å². The number of nitrogens with one attached hydrogen (secondary N) is 3. The number of rotatable bonds is 4. The molecule has 3 saturated heterocycles. The number of hydrogen-bond acceptors (Lipinski definition) is 5. The molecular formula is C21H26N4O3. The number of carbonyl (C=O) groups excluding carboxylic acids is 3. The molecule has 3 N–H and O–H groups in total. The van der Waals surface area contributed by atoms with Gasteiger partial charge in [-0.25, -0.2) is 0 Å². The summed E-state index contributed by atoms with van der Waals surface area (Å²) in [6, 6.07) is 7.08. The van der Waals surface area contributed by atoms with E-state index in [1.807, 2.05) is 12.1 Å². The summed E-state index contributed by atoms with van der Waals surface area (Å²) in [5, 5.41) is 9.72. The van der Waals surface area contributed by atoms with E-state index in [0.29, 0.717) is 36.7 Å². The normalized spacial score (nSPS) is 31.9. The van der Waals surface area contributed by atoms with Crippen LogP contribution in [0.25, 0.3) is 0 Å². The third kappa shape index (κ3) is 3.12. The second kappa shape index (κ2) is 6.97. The van der Waals surface area contributed by atoms with Gasteiger partial charge in [0.2, 0.25) is 11.8 Å². The highest BCUT2D eigenvalue weighted by Crippen LogP contribution is 2.31. The molecule has 3 atom stereocenters. The first-order valence-electron chi connectivity index (χ1n) is 10.3. The summed E-state index contributed by atoms with van der Waals surface area (Å²) < 4.78 is 0. The first-order chi connectivity index (χ1) is 13.6. The Morgan fingerprint density at radius 2 is 1.86 bits per heavy atom. The SMILES string of the molecule is O=C1CCC(N2Cc3c(CNC4CC5CCC(C4)N5)cccc3C2=O)C(=O)N1. The Morgan fingerprint density at radius 1 is 1.07 bits per heavy atom. The lowest BCUT2D eigenvalue weighted by Gasteiger charge is -2.30. The fourth-order valence-corrected chi connectivity index (χ4v) is 5.29. The molecule has 2 bridgehead atoms. The van der Waals surface area contributed by atoms with Crippen molar-refractivity contribution in [1.82, 2.24) is 20.9 Å². The summed E-state index contributed by atoms with van der Waals surface area (Å²) in [6.07, 6.45) is 5.55. The van der Waals surface area contributed by atoms with Crippen molar-refractivity contribution in [2.75, 3.05) is 0 Å². The quantitative estimate of drug-likeness (QED) is 0.671. The molecule has 0 radical (unpaired) electrons. The van der Waals surface area contributed by atoms with E-state index in [0.717, 1.165) is 30.5 Å². The van der Waals surface area contributed by atoms with Crippen LogP contribution in [0.5, 0.6) is 0 Å². The molecule has 4 heterocycles. The summed E-state index contributed by atoms with van der Waals surface area (Å²) in [6.45, 7) is 1.18. The predicted molar refractivity (Wildman–Crippen MR) is 102 cm³/mol. The van der Waals surface area contributed by atoms with Gasteiger partial charge in [-0.1, -0.05) is 12.1 Å². The van der Waals surface area contributed by atoms with Gasteiger partial charge in [-0.3, -0.25) is 19.7 Å². The van der Waals surface area contributed by atoms with Crippen LogP contribution < -0.4 is 16.0 Å². The van der Waals surface area contributed by atoms with Crippen molar-refractivity contribution in [3.8, 4) is 0 Å². The van der Waals surface area contributed by atoms with Crippen molar-refractivity contribution >= 4 is 17.7 Å². The van der Waals surface area contributed by atoms with E-state index in [2.05, 4.69) is 22.0 Å².